The molecule has 0 amide bonds. The molecule has 0 heterocycles. The van der Waals surface area contributed by atoms with Gasteiger partial charge in [0.15, 0.2) is 34.5 Å². The predicted molar refractivity (Wildman–Crippen MR) is 247 cm³/mol. The van der Waals surface area contributed by atoms with Gasteiger partial charge in [-0.15, -0.1) is 0 Å². The molecule has 0 spiro atoms. The second-order valence-electron chi connectivity index (χ2n) is 16.8. The Hall–Kier alpha value is -3.54. The van der Waals surface area contributed by atoms with Crippen LogP contribution in [-0.2, 0) is 0 Å². The van der Waals surface area contributed by atoms with Gasteiger partial charge in [0.05, 0.1) is 39.6 Å². The van der Waals surface area contributed by atoms with E-state index in [0.29, 0.717) is 45.6 Å². The highest BCUT2D eigenvalue weighted by Gasteiger charge is 2.21. The van der Waals surface area contributed by atoms with Crippen molar-refractivity contribution in [3.05, 3.63) is 36.4 Å². The molecule has 324 valence electrons. The highest BCUT2D eigenvalue weighted by atomic mass is 16.5. The fraction of sp³-hybridized carbons (Fsp3) is 0.654. The van der Waals surface area contributed by atoms with E-state index in [1.807, 2.05) is 0 Å². The van der Waals surface area contributed by atoms with Gasteiger partial charge in [0.2, 0.25) is 0 Å². The molecular formula is C52H80O6. The molecule has 0 aliphatic heterocycles. The molecule has 4 aromatic rings. The van der Waals surface area contributed by atoms with Crippen LogP contribution in [0.25, 0.3) is 32.3 Å². The zero-order valence-electron chi connectivity index (χ0n) is 37.9. The van der Waals surface area contributed by atoms with Crippen molar-refractivity contribution in [1.29, 1.82) is 0 Å². The van der Waals surface area contributed by atoms with Gasteiger partial charge >= 0.3 is 0 Å². The number of ether oxygens (including phenoxy) is 6. The Bertz CT molecular complexity index is 1700. The maximum atomic E-state index is 6.63. The van der Waals surface area contributed by atoms with E-state index >= 15 is 0 Å². The van der Waals surface area contributed by atoms with Gasteiger partial charge < -0.3 is 28.4 Å². The topological polar surface area (TPSA) is 55.4 Å². The van der Waals surface area contributed by atoms with E-state index in [-0.39, 0.29) is 0 Å². The average Bonchev–Trinajstić information content (AvgIpc) is 3.22. The summed E-state index contributed by atoms with van der Waals surface area (Å²) >= 11 is 0. The minimum atomic E-state index is 0.378. The number of hydrogen-bond donors (Lipinski definition) is 0. The molecule has 0 aliphatic carbocycles. The Morgan fingerprint density at radius 2 is 0.500 bits per heavy atom. The van der Waals surface area contributed by atoms with Crippen LogP contribution in [0.3, 0.4) is 0 Å². The molecule has 0 unspecified atom stereocenters. The lowest BCUT2D eigenvalue weighted by Crippen LogP contribution is -2.07. The third kappa shape index (κ3) is 14.9. The minimum absolute atomic E-state index is 0.378. The largest absolute Gasteiger partial charge is 0.490 e. The molecule has 6 heteroatoms. The Balaban J connectivity index is 1.96. The molecule has 4 rings (SSSR count). The Morgan fingerprint density at radius 1 is 0.293 bits per heavy atom. The summed E-state index contributed by atoms with van der Waals surface area (Å²) in [6.07, 6.45) is 23.0. The minimum Gasteiger partial charge on any atom is -0.490 e. The Morgan fingerprint density at radius 3 is 0.690 bits per heavy atom. The molecule has 6 nitrogen and oxygen atoms in total. The van der Waals surface area contributed by atoms with Crippen LogP contribution >= 0.6 is 0 Å². The summed E-state index contributed by atoms with van der Waals surface area (Å²) in [5.74, 6) is 5.19. The monoisotopic (exact) mass is 801 g/mol. The molecule has 58 heavy (non-hydrogen) atoms. The highest BCUT2D eigenvalue weighted by Crippen LogP contribution is 2.47. The summed E-state index contributed by atoms with van der Waals surface area (Å²) in [5, 5.41) is 6.65. The van der Waals surface area contributed by atoms with E-state index in [1.165, 1.54) is 64.2 Å². The number of unbranched alkanes of at least 4 members (excludes halogenated alkanes) is 15. The third-order valence-corrected chi connectivity index (χ3v) is 11.0. The van der Waals surface area contributed by atoms with Gasteiger partial charge in [-0.1, -0.05) is 145 Å². The second kappa shape index (κ2) is 27.3. The van der Waals surface area contributed by atoms with Crippen molar-refractivity contribution in [1.82, 2.24) is 0 Å². The molecule has 0 atom stereocenters. The summed E-state index contributed by atoms with van der Waals surface area (Å²) in [5.41, 5.74) is 0. The molecule has 0 bridgehead atoms. The van der Waals surface area contributed by atoms with Crippen molar-refractivity contribution in [3.8, 4) is 34.5 Å². The van der Waals surface area contributed by atoms with Crippen LogP contribution in [0.15, 0.2) is 36.4 Å². The van der Waals surface area contributed by atoms with Gasteiger partial charge in [-0.3, -0.25) is 0 Å². The van der Waals surface area contributed by atoms with Crippen molar-refractivity contribution in [3.63, 3.8) is 0 Å². The quantitative estimate of drug-likeness (QED) is 0.0353. The fourth-order valence-corrected chi connectivity index (χ4v) is 7.50. The van der Waals surface area contributed by atoms with E-state index in [0.717, 1.165) is 131 Å². The van der Waals surface area contributed by atoms with Crippen LogP contribution < -0.4 is 28.4 Å². The van der Waals surface area contributed by atoms with Gasteiger partial charge in [-0.25, -0.2) is 0 Å². The summed E-state index contributed by atoms with van der Waals surface area (Å²) < 4.78 is 39.7. The van der Waals surface area contributed by atoms with Crippen molar-refractivity contribution in [2.45, 2.75) is 177 Å². The maximum absolute atomic E-state index is 6.63. The first-order valence-electron chi connectivity index (χ1n) is 23.8. The number of rotatable bonds is 33. The molecule has 0 fully saturated rings. The molecular weight excluding hydrogens is 721 g/mol. The summed E-state index contributed by atoms with van der Waals surface area (Å²) in [7, 11) is 0. The van der Waals surface area contributed by atoms with E-state index in [2.05, 4.69) is 84.9 Å². The lowest BCUT2D eigenvalue weighted by molar-refractivity contribution is 0.241. The van der Waals surface area contributed by atoms with E-state index in [9.17, 15) is 0 Å². The molecule has 0 aliphatic rings. The van der Waals surface area contributed by atoms with Gasteiger partial charge in [0, 0.05) is 0 Å². The summed E-state index contributed by atoms with van der Waals surface area (Å²) in [4.78, 5) is 0. The molecule has 0 saturated carbocycles. The van der Waals surface area contributed by atoms with E-state index < -0.39 is 0 Å². The molecule has 0 aromatic heterocycles. The van der Waals surface area contributed by atoms with Gasteiger partial charge in [0.1, 0.15) is 0 Å². The van der Waals surface area contributed by atoms with Gasteiger partial charge in [-0.05, 0) is 107 Å². The first kappa shape index (κ1) is 47.1. The van der Waals surface area contributed by atoms with Crippen LogP contribution in [0.5, 0.6) is 34.5 Å². The standard InChI is InChI=1S/C52H80O6/c1-8-13-18-23-28-53-47-33-41-42-34-48(54-29-24-19-14-9-2)50(56-31-26-21-16-11-4)36-44(42)46-38-52(58-39-40(6)7)51(57-32-27-22-17-12-5)37-45(46)43(41)35-49(47)55-30-25-20-15-10-3/h33-38,40H,8-32,39H2,1-7H3. The smallest absolute Gasteiger partial charge is 0.161 e. The van der Waals surface area contributed by atoms with Crippen molar-refractivity contribution < 1.29 is 28.4 Å². The number of fused-ring (bicyclic) bond motifs is 6. The lowest BCUT2D eigenvalue weighted by Gasteiger charge is -2.21. The van der Waals surface area contributed by atoms with Crippen molar-refractivity contribution in [2.75, 3.05) is 39.6 Å². The average molecular weight is 801 g/mol. The second-order valence-corrected chi connectivity index (χ2v) is 16.8. The first-order valence-corrected chi connectivity index (χ1v) is 23.8. The zero-order valence-corrected chi connectivity index (χ0v) is 37.9. The fourth-order valence-electron chi connectivity index (χ4n) is 7.50. The summed E-state index contributed by atoms with van der Waals surface area (Å²) in [6, 6.07) is 13.3. The molecule has 4 aromatic carbocycles. The molecule has 0 saturated heterocycles. The van der Waals surface area contributed by atoms with Crippen LogP contribution in [0.4, 0.5) is 0 Å². The normalized spacial score (nSPS) is 11.6. The SMILES string of the molecule is CCCCCCOc1cc2c3cc(OCCCCCC)c(OCCCCCC)cc3c3cc(OCC(C)C)c(OCCCCCC)cc3c2cc1OCCCCCC. The van der Waals surface area contributed by atoms with Crippen molar-refractivity contribution in [2.24, 2.45) is 5.92 Å². The van der Waals surface area contributed by atoms with Crippen LogP contribution in [0.1, 0.15) is 177 Å². The first-order chi connectivity index (χ1) is 28.4. The molecule has 0 N–H and O–H groups in total. The maximum Gasteiger partial charge on any atom is 0.161 e. The predicted octanol–water partition coefficient (Wildman–Crippen LogP) is 16.0. The Kier molecular flexibility index (Phi) is 22.2. The molecule has 0 radical (unpaired) electrons. The van der Waals surface area contributed by atoms with E-state index in [1.54, 1.807) is 0 Å². The van der Waals surface area contributed by atoms with E-state index in [4.69, 9.17) is 28.4 Å². The van der Waals surface area contributed by atoms with Gasteiger partial charge in [-0.2, -0.15) is 0 Å². The van der Waals surface area contributed by atoms with Crippen LogP contribution in [0.2, 0.25) is 0 Å². The highest BCUT2D eigenvalue weighted by molar-refractivity contribution is 6.26. The zero-order chi connectivity index (χ0) is 41.4. The third-order valence-electron chi connectivity index (χ3n) is 11.0. The number of hydrogen-bond acceptors (Lipinski definition) is 6. The summed E-state index contributed by atoms with van der Waals surface area (Å²) in [6.45, 7) is 19.5. The number of benzene rings is 4. The Labute approximate surface area is 353 Å². The van der Waals surface area contributed by atoms with Crippen LogP contribution in [-0.4, -0.2) is 39.6 Å². The lowest BCUT2D eigenvalue weighted by atomic mass is 9.93. The van der Waals surface area contributed by atoms with Crippen LogP contribution in [0, 0.1) is 5.92 Å². The van der Waals surface area contributed by atoms with Gasteiger partial charge in [0.25, 0.3) is 0 Å². The van der Waals surface area contributed by atoms with Crippen molar-refractivity contribution >= 4 is 32.3 Å².